The van der Waals surface area contributed by atoms with Crippen LogP contribution < -0.4 is 0 Å². The molecule has 79 heavy (non-hydrogen) atoms. The Morgan fingerprint density at radius 2 is 0.494 bits per heavy atom. The van der Waals surface area contributed by atoms with Crippen molar-refractivity contribution in [1.82, 2.24) is 0 Å². The summed E-state index contributed by atoms with van der Waals surface area (Å²) >= 11 is 0. The lowest BCUT2D eigenvalue weighted by Gasteiger charge is -2.18. The van der Waals surface area contributed by atoms with Crippen molar-refractivity contribution < 1.29 is 28.6 Å². The maximum Gasteiger partial charge on any atom is 0.306 e. The molecule has 6 nitrogen and oxygen atoms in total. The molecule has 0 aliphatic rings. The largest absolute Gasteiger partial charge is 0.462 e. The molecule has 0 spiro atoms. The molecule has 0 amide bonds. The minimum atomic E-state index is -0.845. The van der Waals surface area contributed by atoms with Crippen LogP contribution in [0.3, 0.4) is 0 Å². The third kappa shape index (κ3) is 63.5. The molecule has 0 aliphatic heterocycles. The van der Waals surface area contributed by atoms with E-state index in [1.807, 2.05) is 12.2 Å². The number of hydrogen-bond donors (Lipinski definition) is 0. The highest BCUT2D eigenvalue weighted by atomic mass is 16.6. The van der Waals surface area contributed by atoms with Gasteiger partial charge >= 0.3 is 17.9 Å². The Morgan fingerprint density at radius 3 is 0.823 bits per heavy atom. The van der Waals surface area contributed by atoms with Gasteiger partial charge in [0.1, 0.15) is 13.2 Å². The Morgan fingerprint density at radius 1 is 0.253 bits per heavy atom. The SMILES string of the molecule is CC/C=C\C/C=C\C/C=C\C/C=C\C/C=C\CCCCCCCCCCCCCCCCCC(=O)OCC(COC(=O)CC/C=C\C/C=C\C/C=C\C/C=C\CC)OC(=O)CCC/C=C\C/C=C\C/C=C\C/C=C\C/C=C\CC. The van der Waals surface area contributed by atoms with Crippen LogP contribution in [-0.4, -0.2) is 37.2 Å². The fourth-order valence-electron chi connectivity index (χ4n) is 8.11. The van der Waals surface area contributed by atoms with Gasteiger partial charge in [-0.3, -0.25) is 14.4 Å². The summed E-state index contributed by atoms with van der Waals surface area (Å²) in [4.78, 5) is 38.2. The molecule has 0 radical (unpaired) electrons. The number of allylic oxidation sites excluding steroid dienone is 28. The normalized spacial score (nSPS) is 13.3. The maximum atomic E-state index is 12.9. The van der Waals surface area contributed by atoms with Gasteiger partial charge in [0.2, 0.25) is 0 Å². The van der Waals surface area contributed by atoms with Crippen molar-refractivity contribution in [3.05, 3.63) is 170 Å². The van der Waals surface area contributed by atoms with Crippen LogP contribution in [0.5, 0.6) is 0 Å². The van der Waals surface area contributed by atoms with E-state index >= 15 is 0 Å². The molecule has 0 aromatic carbocycles. The van der Waals surface area contributed by atoms with Crippen LogP contribution in [0.2, 0.25) is 0 Å². The topological polar surface area (TPSA) is 78.9 Å². The lowest BCUT2D eigenvalue weighted by Crippen LogP contribution is -2.30. The third-order valence-corrected chi connectivity index (χ3v) is 12.7. The second kappa shape index (κ2) is 65.3. The summed E-state index contributed by atoms with van der Waals surface area (Å²) in [6.45, 7) is 6.18. The quantitative estimate of drug-likeness (QED) is 0.0261. The number of ether oxygens (including phenoxy) is 3. The predicted octanol–water partition coefficient (Wildman–Crippen LogP) is 21.9. The summed E-state index contributed by atoms with van der Waals surface area (Å²) in [5.41, 5.74) is 0. The molecule has 442 valence electrons. The zero-order valence-corrected chi connectivity index (χ0v) is 50.6. The molecular formula is C73H114O6. The smallest absolute Gasteiger partial charge is 0.306 e. The first-order valence-corrected chi connectivity index (χ1v) is 31.6. The number of esters is 3. The highest BCUT2D eigenvalue weighted by Gasteiger charge is 2.19. The van der Waals surface area contributed by atoms with Crippen LogP contribution >= 0.6 is 0 Å². The van der Waals surface area contributed by atoms with E-state index in [0.717, 1.165) is 116 Å². The molecule has 0 saturated carbocycles. The van der Waals surface area contributed by atoms with Gasteiger partial charge in [-0.25, -0.2) is 0 Å². The Hall–Kier alpha value is -5.23. The molecule has 6 heteroatoms. The molecule has 0 saturated heterocycles. The van der Waals surface area contributed by atoms with Crippen molar-refractivity contribution in [2.24, 2.45) is 0 Å². The van der Waals surface area contributed by atoms with Crippen LogP contribution in [0.15, 0.2) is 170 Å². The van der Waals surface area contributed by atoms with Crippen molar-refractivity contribution in [2.45, 2.75) is 258 Å². The molecule has 0 bridgehead atoms. The van der Waals surface area contributed by atoms with E-state index < -0.39 is 6.10 Å². The average molecular weight is 1090 g/mol. The zero-order valence-electron chi connectivity index (χ0n) is 50.6. The molecule has 1 unspecified atom stereocenters. The van der Waals surface area contributed by atoms with Crippen LogP contribution in [-0.2, 0) is 28.6 Å². The number of hydrogen-bond acceptors (Lipinski definition) is 6. The van der Waals surface area contributed by atoms with E-state index in [1.54, 1.807) is 0 Å². The summed E-state index contributed by atoms with van der Waals surface area (Å²) in [6, 6.07) is 0. The second-order valence-electron chi connectivity index (χ2n) is 20.2. The first kappa shape index (κ1) is 73.8. The van der Waals surface area contributed by atoms with Gasteiger partial charge in [0.25, 0.3) is 0 Å². The fourth-order valence-corrected chi connectivity index (χ4v) is 8.11. The number of carbonyl (C=O) groups is 3. The maximum absolute atomic E-state index is 12.9. The highest BCUT2D eigenvalue weighted by molar-refractivity contribution is 5.71. The molecule has 0 aromatic heterocycles. The van der Waals surface area contributed by atoms with E-state index in [9.17, 15) is 14.4 Å². The van der Waals surface area contributed by atoms with Crippen LogP contribution in [0.4, 0.5) is 0 Å². The molecule has 0 fully saturated rings. The second-order valence-corrected chi connectivity index (χ2v) is 20.2. The standard InChI is InChI=1S/C73H114O6/c1-4-7-10-13-16-19-22-25-27-29-30-31-32-33-34-35-36-37-38-39-40-41-42-44-45-48-51-54-57-60-63-66-72(75)78-69-70(68-77-71(74)65-62-59-56-53-50-47-24-21-18-15-12-9-6-3)79-73(76)67-64-61-58-55-52-49-46-43-28-26-23-20-17-14-11-8-5-2/h7-12,16-21,25-28,30-31,33-34,46-47,49-50,55-56,58-59,70H,4-6,13-15,22-24,29,32,35-45,48,51-54,57,60-69H2,1-3H3/b10-7-,11-8-,12-9-,19-16-,20-17-,21-18-,27-25-,28-26-,31-30-,34-33-,49-46-,50-47-,58-55-,59-56-. The first-order chi connectivity index (χ1) is 39.0. The summed E-state index contributed by atoms with van der Waals surface area (Å²) in [5.74, 6) is -1.08. The van der Waals surface area contributed by atoms with Crippen molar-refractivity contribution in [2.75, 3.05) is 13.2 Å². The van der Waals surface area contributed by atoms with Crippen molar-refractivity contribution in [3.63, 3.8) is 0 Å². The fraction of sp³-hybridized carbons (Fsp3) is 0.575. The van der Waals surface area contributed by atoms with E-state index in [2.05, 4.69) is 179 Å². The summed E-state index contributed by atoms with van der Waals surface area (Å²) in [5, 5.41) is 0. The third-order valence-electron chi connectivity index (χ3n) is 12.7. The van der Waals surface area contributed by atoms with Gasteiger partial charge in [-0.05, 0) is 128 Å². The Kier molecular flexibility index (Phi) is 61.0. The molecule has 0 aromatic rings. The van der Waals surface area contributed by atoms with Gasteiger partial charge in [-0.2, -0.15) is 0 Å². The van der Waals surface area contributed by atoms with E-state index in [0.29, 0.717) is 19.3 Å². The van der Waals surface area contributed by atoms with E-state index in [-0.39, 0.29) is 44.0 Å². The number of rotatable bonds is 55. The summed E-state index contributed by atoms with van der Waals surface area (Å²) < 4.78 is 16.8. The highest BCUT2D eigenvalue weighted by Crippen LogP contribution is 2.15. The monoisotopic (exact) mass is 1090 g/mol. The molecule has 0 rings (SSSR count). The summed E-state index contributed by atoms with van der Waals surface area (Å²) in [6.07, 6.45) is 96.8. The molecular weight excluding hydrogens is 973 g/mol. The van der Waals surface area contributed by atoms with Crippen LogP contribution in [0.25, 0.3) is 0 Å². The van der Waals surface area contributed by atoms with E-state index in [4.69, 9.17) is 14.2 Å². The average Bonchev–Trinajstić information content (AvgIpc) is 3.45. The Bertz CT molecular complexity index is 1820. The van der Waals surface area contributed by atoms with Gasteiger partial charge < -0.3 is 14.2 Å². The predicted molar refractivity (Wildman–Crippen MR) is 343 cm³/mol. The Balaban J connectivity index is 4.34. The molecule has 0 heterocycles. The Labute approximate surface area is 485 Å². The van der Waals surface area contributed by atoms with Crippen molar-refractivity contribution in [3.8, 4) is 0 Å². The number of unbranched alkanes of at least 4 members (excludes halogenated alkanes) is 16. The number of carbonyl (C=O) groups excluding carboxylic acids is 3. The van der Waals surface area contributed by atoms with Gasteiger partial charge in [0.05, 0.1) is 0 Å². The van der Waals surface area contributed by atoms with Crippen LogP contribution in [0.1, 0.15) is 252 Å². The van der Waals surface area contributed by atoms with Crippen molar-refractivity contribution in [1.29, 1.82) is 0 Å². The molecule has 0 N–H and O–H groups in total. The van der Waals surface area contributed by atoms with Crippen LogP contribution in [0, 0.1) is 0 Å². The van der Waals surface area contributed by atoms with Gasteiger partial charge in [0, 0.05) is 19.3 Å². The lowest BCUT2D eigenvalue weighted by molar-refractivity contribution is -0.166. The van der Waals surface area contributed by atoms with Gasteiger partial charge in [-0.1, -0.05) is 274 Å². The zero-order chi connectivity index (χ0) is 57.1. The molecule has 1 atom stereocenters. The van der Waals surface area contributed by atoms with Gasteiger partial charge in [0.15, 0.2) is 6.10 Å². The molecule has 0 aliphatic carbocycles. The van der Waals surface area contributed by atoms with E-state index in [1.165, 1.54) is 83.5 Å². The van der Waals surface area contributed by atoms with Gasteiger partial charge in [-0.15, -0.1) is 0 Å². The lowest BCUT2D eigenvalue weighted by atomic mass is 10.0. The minimum Gasteiger partial charge on any atom is -0.462 e. The first-order valence-electron chi connectivity index (χ1n) is 31.6. The minimum absolute atomic E-state index is 0.129. The van der Waals surface area contributed by atoms with Crippen molar-refractivity contribution >= 4 is 17.9 Å². The summed E-state index contributed by atoms with van der Waals surface area (Å²) in [7, 11) is 0.